The van der Waals surface area contributed by atoms with Gasteiger partial charge in [-0.05, 0) is 34.7 Å². The topological polar surface area (TPSA) is 49.4 Å². The van der Waals surface area contributed by atoms with Crippen LogP contribution in [0, 0.1) is 5.92 Å². The number of benzene rings is 3. The van der Waals surface area contributed by atoms with Gasteiger partial charge in [0.25, 0.3) is 0 Å². The van der Waals surface area contributed by atoms with E-state index in [9.17, 15) is 9.59 Å². The number of nitrogens with one attached hydrogen (secondary N) is 1. The molecule has 1 atom stereocenters. The summed E-state index contributed by atoms with van der Waals surface area (Å²) in [6, 6.07) is 24.3. The lowest BCUT2D eigenvalue weighted by Crippen LogP contribution is -2.51. The lowest BCUT2D eigenvalue weighted by molar-refractivity contribution is -0.139. The summed E-state index contributed by atoms with van der Waals surface area (Å²) in [4.78, 5) is 28.8. The predicted octanol–water partition coefficient (Wildman–Crippen LogP) is 6.64. The summed E-state index contributed by atoms with van der Waals surface area (Å²) in [6.45, 7) is 5.00. The minimum absolute atomic E-state index is 0.104. The second kappa shape index (κ2) is 14.3. The van der Waals surface area contributed by atoms with Gasteiger partial charge in [0.15, 0.2) is 0 Å². The number of thioether (sulfide) groups is 1. The molecule has 0 heterocycles. The minimum Gasteiger partial charge on any atom is -0.354 e. The van der Waals surface area contributed by atoms with Gasteiger partial charge in [-0.15, -0.1) is 11.8 Å². The van der Waals surface area contributed by atoms with Gasteiger partial charge in [-0.2, -0.15) is 0 Å². The van der Waals surface area contributed by atoms with Crippen molar-refractivity contribution in [3.05, 3.63) is 106 Å². The molecule has 0 spiro atoms. The fourth-order valence-corrected chi connectivity index (χ4v) is 5.40. The molecule has 0 fully saturated rings. The van der Waals surface area contributed by atoms with Crippen molar-refractivity contribution in [2.75, 3.05) is 12.3 Å². The zero-order valence-corrected chi connectivity index (χ0v) is 23.0. The standard InChI is InChI=1S/C29H32Cl2N2O2S/c1-21(2)17-32-29(35)27(16-22-10-5-3-6-11-22)33(18-23-12-7-4-8-13-23)28(34)20-36-19-24-25(30)14-9-15-26(24)31/h3-15,21,27H,16-20H2,1-2H3,(H,32,35)/t27-/m1/s1. The van der Waals surface area contributed by atoms with E-state index in [4.69, 9.17) is 23.2 Å². The number of amides is 2. The Morgan fingerprint density at radius 2 is 1.44 bits per heavy atom. The average molecular weight is 544 g/mol. The molecule has 3 aromatic carbocycles. The number of carbonyl (C=O) groups is 2. The van der Waals surface area contributed by atoms with Crippen molar-refractivity contribution in [1.82, 2.24) is 10.2 Å². The molecule has 0 aromatic heterocycles. The van der Waals surface area contributed by atoms with Gasteiger partial charge in [-0.25, -0.2) is 0 Å². The SMILES string of the molecule is CC(C)CNC(=O)[C@@H](Cc1ccccc1)N(Cc1ccccc1)C(=O)CSCc1c(Cl)cccc1Cl. The molecule has 0 saturated heterocycles. The van der Waals surface area contributed by atoms with Gasteiger partial charge in [-0.3, -0.25) is 9.59 Å². The fourth-order valence-electron chi connectivity index (χ4n) is 3.75. The molecule has 3 rings (SSSR count). The molecule has 190 valence electrons. The van der Waals surface area contributed by atoms with E-state index in [0.717, 1.165) is 16.7 Å². The molecular formula is C29H32Cl2N2O2S. The van der Waals surface area contributed by atoms with Crippen molar-refractivity contribution in [1.29, 1.82) is 0 Å². The maximum absolute atomic E-state index is 13.6. The van der Waals surface area contributed by atoms with Crippen molar-refractivity contribution in [2.45, 2.75) is 38.6 Å². The maximum atomic E-state index is 13.6. The number of halogens is 2. The van der Waals surface area contributed by atoms with Crippen LogP contribution < -0.4 is 5.32 Å². The van der Waals surface area contributed by atoms with Gasteiger partial charge in [-0.1, -0.05) is 104 Å². The first kappa shape index (κ1) is 28.1. The van der Waals surface area contributed by atoms with Crippen LogP contribution in [0.5, 0.6) is 0 Å². The molecule has 0 aliphatic rings. The van der Waals surface area contributed by atoms with Gasteiger partial charge in [0, 0.05) is 35.3 Å². The van der Waals surface area contributed by atoms with Gasteiger partial charge in [0.05, 0.1) is 5.75 Å². The van der Waals surface area contributed by atoms with Crippen molar-refractivity contribution in [3.8, 4) is 0 Å². The second-order valence-corrected chi connectivity index (χ2v) is 10.8. The normalized spacial score (nSPS) is 11.8. The van der Waals surface area contributed by atoms with E-state index in [1.165, 1.54) is 11.8 Å². The lowest BCUT2D eigenvalue weighted by atomic mass is 10.0. The Bertz CT molecular complexity index is 1110. The van der Waals surface area contributed by atoms with Crippen molar-refractivity contribution < 1.29 is 9.59 Å². The van der Waals surface area contributed by atoms with E-state index in [0.29, 0.717) is 41.2 Å². The van der Waals surface area contributed by atoms with E-state index in [2.05, 4.69) is 19.2 Å². The maximum Gasteiger partial charge on any atom is 0.243 e. The number of hydrogen-bond acceptors (Lipinski definition) is 3. The number of carbonyl (C=O) groups excluding carboxylic acids is 2. The van der Waals surface area contributed by atoms with E-state index in [1.807, 2.05) is 60.7 Å². The summed E-state index contributed by atoms with van der Waals surface area (Å²) in [6.07, 6.45) is 0.435. The van der Waals surface area contributed by atoms with E-state index in [1.54, 1.807) is 23.1 Å². The molecule has 1 N–H and O–H groups in total. The summed E-state index contributed by atoms with van der Waals surface area (Å²) >= 11 is 14.1. The molecule has 2 amide bonds. The van der Waals surface area contributed by atoms with Crippen LogP contribution in [0.25, 0.3) is 0 Å². The smallest absolute Gasteiger partial charge is 0.243 e. The van der Waals surface area contributed by atoms with E-state index >= 15 is 0 Å². The van der Waals surface area contributed by atoms with Crippen LogP contribution in [0.15, 0.2) is 78.9 Å². The van der Waals surface area contributed by atoms with E-state index in [-0.39, 0.29) is 17.6 Å². The van der Waals surface area contributed by atoms with Crippen LogP contribution in [-0.4, -0.2) is 35.1 Å². The Balaban J connectivity index is 1.83. The molecule has 3 aromatic rings. The van der Waals surface area contributed by atoms with Crippen molar-refractivity contribution in [2.24, 2.45) is 5.92 Å². The van der Waals surface area contributed by atoms with Crippen molar-refractivity contribution >= 4 is 46.8 Å². The lowest BCUT2D eigenvalue weighted by Gasteiger charge is -2.32. The third kappa shape index (κ3) is 8.58. The summed E-state index contributed by atoms with van der Waals surface area (Å²) < 4.78 is 0. The van der Waals surface area contributed by atoms with Gasteiger partial charge < -0.3 is 10.2 Å². The molecule has 0 radical (unpaired) electrons. The third-order valence-corrected chi connectivity index (χ3v) is 7.34. The highest BCUT2D eigenvalue weighted by Crippen LogP contribution is 2.28. The summed E-state index contributed by atoms with van der Waals surface area (Å²) in [5, 5.41) is 4.21. The number of hydrogen-bond donors (Lipinski definition) is 1. The first-order valence-corrected chi connectivity index (χ1v) is 13.9. The third-order valence-electron chi connectivity index (χ3n) is 5.69. The van der Waals surface area contributed by atoms with Crippen LogP contribution in [0.2, 0.25) is 10.0 Å². The Morgan fingerprint density at radius 1 is 0.861 bits per heavy atom. The molecule has 0 aliphatic carbocycles. The minimum atomic E-state index is -0.636. The quantitative estimate of drug-likeness (QED) is 0.279. The molecule has 4 nitrogen and oxygen atoms in total. The largest absolute Gasteiger partial charge is 0.354 e. The fraction of sp³-hybridized carbons (Fsp3) is 0.310. The molecule has 0 unspecified atom stereocenters. The monoisotopic (exact) mass is 542 g/mol. The first-order valence-electron chi connectivity index (χ1n) is 12.0. The van der Waals surface area contributed by atoms with Crippen molar-refractivity contribution in [3.63, 3.8) is 0 Å². The molecular weight excluding hydrogens is 511 g/mol. The van der Waals surface area contributed by atoms with Gasteiger partial charge in [0.2, 0.25) is 11.8 Å². The Hall–Kier alpha value is -2.47. The Labute approximate surface area is 228 Å². The van der Waals surface area contributed by atoms with Crippen LogP contribution >= 0.6 is 35.0 Å². The van der Waals surface area contributed by atoms with E-state index < -0.39 is 6.04 Å². The second-order valence-electron chi connectivity index (χ2n) is 9.04. The highest BCUT2D eigenvalue weighted by Gasteiger charge is 2.30. The molecule has 36 heavy (non-hydrogen) atoms. The summed E-state index contributed by atoms with van der Waals surface area (Å²) in [5.41, 5.74) is 2.78. The number of rotatable bonds is 12. The van der Waals surface area contributed by atoms with Crippen LogP contribution in [0.1, 0.15) is 30.5 Å². The molecule has 0 aliphatic heterocycles. The first-order chi connectivity index (χ1) is 17.3. The Morgan fingerprint density at radius 3 is 2.03 bits per heavy atom. The highest BCUT2D eigenvalue weighted by atomic mass is 35.5. The molecule has 0 bridgehead atoms. The number of nitrogens with zero attached hydrogens (tertiary/aromatic N) is 1. The molecule has 0 saturated carbocycles. The zero-order chi connectivity index (χ0) is 25.9. The van der Waals surface area contributed by atoms with Gasteiger partial charge in [0.1, 0.15) is 6.04 Å². The molecule has 7 heteroatoms. The summed E-state index contributed by atoms with van der Waals surface area (Å²) in [7, 11) is 0. The van der Waals surface area contributed by atoms with Crippen LogP contribution in [0.3, 0.4) is 0 Å². The average Bonchev–Trinajstić information content (AvgIpc) is 2.87. The Kier molecular flexibility index (Phi) is 11.2. The summed E-state index contributed by atoms with van der Waals surface area (Å²) in [5.74, 6) is 0.771. The van der Waals surface area contributed by atoms with Crippen LogP contribution in [-0.2, 0) is 28.3 Å². The van der Waals surface area contributed by atoms with Gasteiger partial charge >= 0.3 is 0 Å². The van der Waals surface area contributed by atoms with Crippen LogP contribution in [0.4, 0.5) is 0 Å². The highest BCUT2D eigenvalue weighted by molar-refractivity contribution is 7.99. The zero-order valence-electron chi connectivity index (χ0n) is 20.6. The predicted molar refractivity (Wildman–Crippen MR) is 151 cm³/mol.